The number of allylic oxidation sites excluding steroid dienone is 1. The van der Waals surface area contributed by atoms with Crippen molar-refractivity contribution in [2.24, 2.45) is 0 Å². The summed E-state index contributed by atoms with van der Waals surface area (Å²) in [6.07, 6.45) is 8.46. The molecule has 0 aliphatic heterocycles. The van der Waals surface area contributed by atoms with Crippen LogP contribution in [0.2, 0.25) is 0 Å². The van der Waals surface area contributed by atoms with Gasteiger partial charge in [-0.25, -0.2) is 9.18 Å². The minimum atomic E-state index is -0.237. The van der Waals surface area contributed by atoms with E-state index in [1.54, 1.807) is 12.1 Å². The minimum Gasteiger partial charge on any atom is -0.338 e. The summed E-state index contributed by atoms with van der Waals surface area (Å²) in [5, 5.41) is 5.57. The lowest BCUT2D eigenvalue weighted by atomic mass is 9.96. The number of halogens is 1. The molecule has 1 aliphatic carbocycles. The highest BCUT2D eigenvalue weighted by Gasteiger charge is 2.05. The molecule has 0 unspecified atom stereocenters. The summed E-state index contributed by atoms with van der Waals surface area (Å²) in [5.41, 5.74) is 2.34. The van der Waals surface area contributed by atoms with E-state index in [4.69, 9.17) is 0 Å². The van der Waals surface area contributed by atoms with Gasteiger partial charge in [-0.05, 0) is 49.8 Å². The number of nitrogens with one attached hydrogen (secondary N) is 2. The second-order valence-electron chi connectivity index (χ2n) is 5.14. The van der Waals surface area contributed by atoms with Gasteiger partial charge in [0.15, 0.2) is 0 Å². The van der Waals surface area contributed by atoms with Crippen LogP contribution in [0.5, 0.6) is 0 Å². The van der Waals surface area contributed by atoms with Crippen molar-refractivity contribution in [1.82, 2.24) is 10.6 Å². The Labute approximate surface area is 119 Å². The molecule has 1 aromatic carbocycles. The molecule has 0 heterocycles. The van der Waals surface area contributed by atoms with E-state index in [1.165, 1.54) is 37.0 Å². The maximum atomic E-state index is 12.7. The molecule has 20 heavy (non-hydrogen) atoms. The molecule has 0 spiro atoms. The van der Waals surface area contributed by atoms with E-state index in [0.29, 0.717) is 13.0 Å². The second-order valence-corrected chi connectivity index (χ2v) is 5.14. The Kier molecular flexibility index (Phi) is 5.59. The van der Waals surface area contributed by atoms with Crippen LogP contribution in [0.25, 0.3) is 0 Å². The molecular weight excluding hydrogens is 255 g/mol. The SMILES string of the molecule is O=C(NC=C1CCCCC1)NCCc1ccc(F)cc1. The quantitative estimate of drug-likeness (QED) is 0.868. The fourth-order valence-corrected chi connectivity index (χ4v) is 2.34. The van der Waals surface area contributed by atoms with Crippen LogP contribution in [-0.2, 0) is 6.42 Å². The fraction of sp³-hybridized carbons (Fsp3) is 0.438. The van der Waals surface area contributed by atoms with Crippen molar-refractivity contribution >= 4 is 6.03 Å². The average Bonchev–Trinajstić information content (AvgIpc) is 2.48. The first-order valence-electron chi connectivity index (χ1n) is 7.21. The lowest BCUT2D eigenvalue weighted by Crippen LogP contribution is -2.33. The highest BCUT2D eigenvalue weighted by atomic mass is 19.1. The fourth-order valence-electron chi connectivity index (χ4n) is 2.34. The molecule has 1 aromatic rings. The van der Waals surface area contributed by atoms with Crippen molar-refractivity contribution < 1.29 is 9.18 Å². The molecule has 0 radical (unpaired) electrons. The predicted octanol–water partition coefficient (Wildman–Crippen LogP) is 3.52. The molecule has 1 saturated carbocycles. The Morgan fingerprint density at radius 2 is 1.85 bits per heavy atom. The van der Waals surface area contributed by atoms with Crippen molar-refractivity contribution in [1.29, 1.82) is 0 Å². The summed E-state index contributed by atoms with van der Waals surface area (Å²) < 4.78 is 12.7. The number of hydrogen-bond donors (Lipinski definition) is 2. The summed E-state index contributed by atoms with van der Waals surface area (Å²) in [6.45, 7) is 0.542. The van der Waals surface area contributed by atoms with E-state index in [0.717, 1.165) is 18.4 Å². The van der Waals surface area contributed by atoms with Crippen LogP contribution in [0, 0.1) is 5.82 Å². The summed E-state index contributed by atoms with van der Waals surface area (Å²) in [4.78, 5) is 11.6. The molecule has 0 bridgehead atoms. The maximum Gasteiger partial charge on any atom is 0.318 e. The van der Waals surface area contributed by atoms with Gasteiger partial charge in [0.25, 0.3) is 0 Å². The zero-order valence-corrected chi connectivity index (χ0v) is 11.6. The highest BCUT2D eigenvalue weighted by Crippen LogP contribution is 2.21. The van der Waals surface area contributed by atoms with Crippen LogP contribution < -0.4 is 10.6 Å². The van der Waals surface area contributed by atoms with Crippen molar-refractivity contribution in [2.45, 2.75) is 38.5 Å². The number of benzene rings is 1. The number of carbonyl (C=O) groups excluding carboxylic acids is 1. The molecule has 108 valence electrons. The predicted molar refractivity (Wildman–Crippen MR) is 77.8 cm³/mol. The van der Waals surface area contributed by atoms with Crippen LogP contribution in [0.3, 0.4) is 0 Å². The van der Waals surface area contributed by atoms with E-state index < -0.39 is 0 Å². The Morgan fingerprint density at radius 1 is 1.15 bits per heavy atom. The molecular formula is C16H21FN2O. The number of amides is 2. The number of urea groups is 1. The zero-order chi connectivity index (χ0) is 14.2. The van der Waals surface area contributed by atoms with Crippen molar-refractivity contribution in [3.63, 3.8) is 0 Å². The van der Waals surface area contributed by atoms with Gasteiger partial charge >= 0.3 is 6.03 Å². The summed E-state index contributed by atoms with van der Waals surface area (Å²) in [7, 11) is 0. The third-order valence-corrected chi connectivity index (χ3v) is 3.52. The second kappa shape index (κ2) is 7.68. The van der Waals surface area contributed by atoms with Crippen molar-refractivity contribution in [2.75, 3.05) is 6.54 Å². The van der Waals surface area contributed by atoms with Crippen LogP contribution in [0.15, 0.2) is 36.0 Å². The first-order chi connectivity index (χ1) is 9.74. The van der Waals surface area contributed by atoms with Gasteiger partial charge in [0.2, 0.25) is 0 Å². The third-order valence-electron chi connectivity index (χ3n) is 3.52. The molecule has 1 fully saturated rings. The first kappa shape index (κ1) is 14.6. The van der Waals surface area contributed by atoms with Gasteiger partial charge in [0.1, 0.15) is 5.82 Å². The normalized spacial score (nSPS) is 14.8. The smallest absolute Gasteiger partial charge is 0.318 e. The van der Waals surface area contributed by atoms with Gasteiger partial charge in [0.05, 0.1) is 0 Å². The van der Waals surface area contributed by atoms with E-state index in [9.17, 15) is 9.18 Å². The van der Waals surface area contributed by atoms with Crippen molar-refractivity contribution in [3.8, 4) is 0 Å². The van der Waals surface area contributed by atoms with Gasteiger partial charge in [-0.3, -0.25) is 0 Å². The Bertz CT molecular complexity index is 460. The molecule has 0 atom stereocenters. The Hall–Kier alpha value is -1.84. The molecule has 2 N–H and O–H groups in total. The molecule has 1 aliphatic rings. The lowest BCUT2D eigenvalue weighted by molar-refractivity contribution is 0.244. The summed E-state index contributed by atoms with van der Waals surface area (Å²) in [5.74, 6) is -0.237. The van der Waals surface area contributed by atoms with E-state index in [1.807, 2.05) is 6.20 Å². The zero-order valence-electron chi connectivity index (χ0n) is 11.6. The van der Waals surface area contributed by atoms with Gasteiger partial charge in [-0.15, -0.1) is 0 Å². The Balaban J connectivity index is 1.66. The molecule has 0 saturated heterocycles. The Morgan fingerprint density at radius 3 is 2.55 bits per heavy atom. The monoisotopic (exact) mass is 276 g/mol. The summed E-state index contributed by atoms with van der Waals surface area (Å²) >= 11 is 0. The van der Waals surface area contributed by atoms with Gasteiger partial charge in [-0.2, -0.15) is 0 Å². The molecule has 0 aromatic heterocycles. The topological polar surface area (TPSA) is 41.1 Å². The van der Waals surface area contributed by atoms with Crippen LogP contribution >= 0.6 is 0 Å². The standard InChI is InChI=1S/C16H21FN2O/c17-15-8-6-13(7-9-15)10-11-18-16(20)19-12-14-4-2-1-3-5-14/h6-9,12H,1-5,10-11H2,(H2,18,19,20). The maximum absolute atomic E-state index is 12.7. The number of carbonyl (C=O) groups is 1. The molecule has 4 heteroatoms. The highest BCUT2D eigenvalue weighted by molar-refractivity contribution is 5.74. The van der Waals surface area contributed by atoms with Crippen LogP contribution in [-0.4, -0.2) is 12.6 Å². The average molecular weight is 276 g/mol. The molecule has 2 rings (SSSR count). The lowest BCUT2D eigenvalue weighted by Gasteiger charge is -2.13. The third kappa shape index (κ3) is 5.03. The molecule has 2 amide bonds. The van der Waals surface area contributed by atoms with Gasteiger partial charge < -0.3 is 10.6 Å². The van der Waals surface area contributed by atoms with Gasteiger partial charge in [0, 0.05) is 12.7 Å². The largest absolute Gasteiger partial charge is 0.338 e. The van der Waals surface area contributed by atoms with E-state index in [2.05, 4.69) is 10.6 Å². The first-order valence-corrected chi connectivity index (χ1v) is 7.21. The number of rotatable bonds is 4. The summed E-state index contributed by atoms with van der Waals surface area (Å²) in [6, 6.07) is 6.16. The van der Waals surface area contributed by atoms with Gasteiger partial charge in [-0.1, -0.05) is 24.1 Å². The number of hydrogen-bond acceptors (Lipinski definition) is 1. The molecule has 3 nitrogen and oxygen atoms in total. The van der Waals surface area contributed by atoms with E-state index >= 15 is 0 Å². The minimum absolute atomic E-state index is 0.176. The van der Waals surface area contributed by atoms with E-state index in [-0.39, 0.29) is 11.8 Å². The van der Waals surface area contributed by atoms with Crippen molar-refractivity contribution in [3.05, 3.63) is 47.4 Å². The van der Waals surface area contributed by atoms with Crippen LogP contribution in [0.1, 0.15) is 37.7 Å². The van der Waals surface area contributed by atoms with Crippen LogP contribution in [0.4, 0.5) is 9.18 Å².